The normalized spacial score (nSPS) is 12.7. The zero-order valence-electron chi connectivity index (χ0n) is 9.57. The summed E-state index contributed by atoms with van der Waals surface area (Å²) in [6, 6.07) is 3.32. The molecule has 100 valence electrons. The highest BCUT2D eigenvalue weighted by molar-refractivity contribution is 5.67. The van der Waals surface area contributed by atoms with Crippen molar-refractivity contribution in [2.75, 3.05) is 13.3 Å². The van der Waals surface area contributed by atoms with Crippen LogP contribution in [0.15, 0.2) is 24.3 Å². The summed E-state index contributed by atoms with van der Waals surface area (Å²) in [5.74, 6) is -1.56. The summed E-state index contributed by atoms with van der Waals surface area (Å²) in [6.07, 6.45) is -0.331. The summed E-state index contributed by atoms with van der Waals surface area (Å²) in [5, 5.41) is 11.3. The molecule has 0 heterocycles. The molecule has 0 fully saturated rings. The molecule has 0 aliphatic rings. The van der Waals surface area contributed by atoms with Gasteiger partial charge in [-0.05, 0) is 17.7 Å². The van der Waals surface area contributed by atoms with Crippen LogP contribution in [0.3, 0.4) is 0 Å². The fraction of sp³-hybridized carbons (Fsp3) is 0.417. The number of alkyl halides is 2. The average molecular weight is 261 g/mol. The second-order valence-corrected chi connectivity index (χ2v) is 3.87. The number of nitrogens with one attached hydrogen (secondary N) is 1. The first-order valence-electron chi connectivity index (χ1n) is 5.42. The van der Waals surface area contributed by atoms with Crippen molar-refractivity contribution >= 4 is 5.97 Å². The Morgan fingerprint density at radius 3 is 2.22 bits per heavy atom. The first kappa shape index (κ1) is 14.5. The summed E-state index contributed by atoms with van der Waals surface area (Å²) in [7, 11) is 0. The Balaban J connectivity index is 2.83. The highest BCUT2D eigenvalue weighted by Gasteiger charge is 2.19. The second-order valence-electron chi connectivity index (χ2n) is 3.87. The van der Waals surface area contributed by atoms with E-state index >= 15 is 0 Å². The van der Waals surface area contributed by atoms with Crippen LogP contribution in [-0.4, -0.2) is 30.5 Å². The molecule has 1 aromatic carbocycles. The molecule has 1 rings (SSSR count). The first-order valence-corrected chi connectivity index (χ1v) is 5.42. The standard InChI is InChI=1S/C12H14F3NO2/c13-6-10(7-14)16-11(5-12(17)18)8-1-3-9(15)4-2-8/h1-4,10-11,16H,5-7H2,(H,17,18). The Hall–Kier alpha value is -1.56. The number of hydrogen-bond donors (Lipinski definition) is 2. The van der Waals surface area contributed by atoms with Crippen LogP contribution in [0.1, 0.15) is 18.0 Å². The molecule has 1 atom stereocenters. The van der Waals surface area contributed by atoms with Crippen LogP contribution in [0.4, 0.5) is 13.2 Å². The molecule has 0 saturated carbocycles. The molecule has 0 aliphatic heterocycles. The van der Waals surface area contributed by atoms with E-state index in [9.17, 15) is 18.0 Å². The van der Waals surface area contributed by atoms with Crippen LogP contribution >= 0.6 is 0 Å². The van der Waals surface area contributed by atoms with Gasteiger partial charge in [0, 0.05) is 6.04 Å². The molecule has 0 spiro atoms. The number of carboxylic acid groups (broad SMARTS) is 1. The number of carbonyl (C=O) groups is 1. The van der Waals surface area contributed by atoms with Crippen molar-refractivity contribution in [3.05, 3.63) is 35.6 Å². The lowest BCUT2D eigenvalue weighted by Crippen LogP contribution is -2.37. The maximum atomic E-state index is 12.8. The summed E-state index contributed by atoms with van der Waals surface area (Å²) in [4.78, 5) is 10.7. The molecule has 0 radical (unpaired) electrons. The summed E-state index contributed by atoms with van der Waals surface area (Å²) >= 11 is 0. The molecule has 0 aromatic heterocycles. The van der Waals surface area contributed by atoms with Gasteiger partial charge in [-0.15, -0.1) is 0 Å². The largest absolute Gasteiger partial charge is 0.481 e. The van der Waals surface area contributed by atoms with Crippen molar-refractivity contribution in [1.29, 1.82) is 0 Å². The summed E-state index contributed by atoms with van der Waals surface area (Å²) < 4.78 is 37.6. The number of rotatable bonds is 7. The molecule has 1 unspecified atom stereocenters. The average Bonchev–Trinajstić information content (AvgIpc) is 2.35. The van der Waals surface area contributed by atoms with Crippen LogP contribution in [-0.2, 0) is 4.79 Å². The van der Waals surface area contributed by atoms with E-state index in [0.717, 1.165) is 0 Å². The lowest BCUT2D eigenvalue weighted by Gasteiger charge is -2.21. The Bertz CT molecular complexity index is 379. The second kappa shape index (κ2) is 7.00. The maximum Gasteiger partial charge on any atom is 0.305 e. The third kappa shape index (κ3) is 4.37. The molecule has 1 aromatic rings. The fourth-order valence-electron chi connectivity index (χ4n) is 1.56. The Morgan fingerprint density at radius 2 is 1.78 bits per heavy atom. The van der Waals surface area contributed by atoms with Gasteiger partial charge in [-0.2, -0.15) is 0 Å². The van der Waals surface area contributed by atoms with E-state index in [1.165, 1.54) is 24.3 Å². The van der Waals surface area contributed by atoms with E-state index in [1.54, 1.807) is 0 Å². The van der Waals surface area contributed by atoms with Crippen LogP contribution in [0.2, 0.25) is 0 Å². The van der Waals surface area contributed by atoms with E-state index in [4.69, 9.17) is 5.11 Å². The van der Waals surface area contributed by atoms with Gasteiger partial charge in [-0.25, -0.2) is 13.2 Å². The predicted octanol–water partition coefficient (Wildman–Crippen LogP) is 2.24. The molecule has 0 amide bonds. The van der Waals surface area contributed by atoms with Crippen molar-refractivity contribution in [1.82, 2.24) is 5.32 Å². The molecule has 18 heavy (non-hydrogen) atoms. The maximum absolute atomic E-state index is 12.8. The molecular weight excluding hydrogens is 247 g/mol. The lowest BCUT2D eigenvalue weighted by molar-refractivity contribution is -0.137. The number of carboxylic acids is 1. The van der Waals surface area contributed by atoms with Crippen LogP contribution < -0.4 is 5.32 Å². The van der Waals surface area contributed by atoms with Gasteiger partial charge in [0.25, 0.3) is 0 Å². The van der Waals surface area contributed by atoms with Crippen molar-refractivity contribution in [2.45, 2.75) is 18.5 Å². The first-order chi connectivity index (χ1) is 8.56. The van der Waals surface area contributed by atoms with E-state index in [1.807, 2.05) is 0 Å². The van der Waals surface area contributed by atoms with Gasteiger partial charge < -0.3 is 10.4 Å². The molecule has 0 aliphatic carbocycles. The van der Waals surface area contributed by atoms with Crippen molar-refractivity contribution < 1.29 is 23.1 Å². The fourth-order valence-corrected chi connectivity index (χ4v) is 1.56. The van der Waals surface area contributed by atoms with Crippen molar-refractivity contribution in [3.63, 3.8) is 0 Å². The highest BCUT2D eigenvalue weighted by Crippen LogP contribution is 2.18. The van der Waals surface area contributed by atoms with Crippen LogP contribution in [0, 0.1) is 5.82 Å². The predicted molar refractivity (Wildman–Crippen MR) is 60.3 cm³/mol. The molecule has 6 heteroatoms. The minimum Gasteiger partial charge on any atom is -0.481 e. The Morgan fingerprint density at radius 1 is 1.22 bits per heavy atom. The molecular formula is C12H14F3NO2. The van der Waals surface area contributed by atoms with Gasteiger partial charge in [-0.1, -0.05) is 12.1 Å². The zero-order chi connectivity index (χ0) is 13.5. The zero-order valence-corrected chi connectivity index (χ0v) is 9.57. The number of hydrogen-bond acceptors (Lipinski definition) is 2. The minimum atomic E-state index is -1.10. The molecule has 0 bridgehead atoms. The van der Waals surface area contributed by atoms with E-state index in [-0.39, 0.29) is 6.42 Å². The summed E-state index contributed by atoms with van der Waals surface area (Å²) in [5.41, 5.74) is 0.478. The Kier molecular flexibility index (Phi) is 5.64. The van der Waals surface area contributed by atoms with E-state index in [0.29, 0.717) is 5.56 Å². The van der Waals surface area contributed by atoms with E-state index in [2.05, 4.69) is 5.32 Å². The van der Waals surface area contributed by atoms with Crippen molar-refractivity contribution in [3.8, 4) is 0 Å². The number of aliphatic carboxylic acids is 1. The van der Waals surface area contributed by atoms with Gasteiger partial charge in [-0.3, -0.25) is 4.79 Å². The van der Waals surface area contributed by atoms with Gasteiger partial charge in [0.05, 0.1) is 12.5 Å². The van der Waals surface area contributed by atoms with Crippen molar-refractivity contribution in [2.24, 2.45) is 0 Å². The monoisotopic (exact) mass is 261 g/mol. The number of benzene rings is 1. The molecule has 3 nitrogen and oxygen atoms in total. The van der Waals surface area contributed by atoms with Gasteiger partial charge in [0.15, 0.2) is 0 Å². The topological polar surface area (TPSA) is 49.3 Å². The molecule has 0 saturated heterocycles. The third-order valence-corrected chi connectivity index (χ3v) is 2.46. The minimum absolute atomic E-state index is 0.331. The van der Waals surface area contributed by atoms with Gasteiger partial charge in [0.1, 0.15) is 19.2 Å². The molecule has 2 N–H and O–H groups in total. The van der Waals surface area contributed by atoms with Gasteiger partial charge in [0.2, 0.25) is 0 Å². The smallest absolute Gasteiger partial charge is 0.305 e. The Labute approximate surface area is 103 Å². The van der Waals surface area contributed by atoms with E-state index < -0.39 is 37.2 Å². The SMILES string of the molecule is O=C(O)CC(NC(CF)CF)c1ccc(F)cc1. The quantitative estimate of drug-likeness (QED) is 0.791. The highest BCUT2D eigenvalue weighted by atomic mass is 19.1. The van der Waals surface area contributed by atoms with Gasteiger partial charge >= 0.3 is 5.97 Å². The summed E-state index contributed by atoms with van der Waals surface area (Å²) in [6.45, 7) is -1.87. The van der Waals surface area contributed by atoms with Crippen LogP contribution in [0.5, 0.6) is 0 Å². The number of halogens is 3. The third-order valence-electron chi connectivity index (χ3n) is 2.46. The van der Waals surface area contributed by atoms with Crippen LogP contribution in [0.25, 0.3) is 0 Å². The lowest BCUT2D eigenvalue weighted by atomic mass is 10.0.